The predicted octanol–water partition coefficient (Wildman–Crippen LogP) is 1.23. The van der Waals surface area contributed by atoms with Gasteiger partial charge in [-0.15, -0.1) is 0 Å². The zero-order valence-corrected chi connectivity index (χ0v) is 9.61. The normalized spacial score (nSPS) is 16.4. The van der Waals surface area contributed by atoms with Crippen molar-refractivity contribution in [2.75, 3.05) is 0 Å². The van der Waals surface area contributed by atoms with Gasteiger partial charge in [-0.3, -0.25) is 4.79 Å². The molecule has 0 aliphatic heterocycles. The van der Waals surface area contributed by atoms with Crippen molar-refractivity contribution < 1.29 is 24.5 Å². The van der Waals surface area contributed by atoms with Crippen LogP contribution < -0.4 is 0 Å². The van der Waals surface area contributed by atoms with Gasteiger partial charge < -0.3 is 15.3 Å². The molecule has 0 aromatic heterocycles. The number of aliphatic hydroxyl groups excluding tert-OH is 2. The molecule has 0 saturated carbocycles. The summed E-state index contributed by atoms with van der Waals surface area (Å²) >= 11 is 0. The van der Waals surface area contributed by atoms with Gasteiger partial charge in [-0.2, -0.15) is 0 Å². The first-order valence-electron chi connectivity index (χ1n) is 5.46. The maximum atomic E-state index is 13.4. The number of carboxylic acids is 1. The van der Waals surface area contributed by atoms with Crippen LogP contribution in [0.25, 0.3) is 6.08 Å². The van der Waals surface area contributed by atoms with E-state index in [9.17, 15) is 19.4 Å². The molecule has 3 N–H and O–H groups in total. The Morgan fingerprint density at radius 2 is 1.89 bits per heavy atom. The third-order valence-electron chi connectivity index (χ3n) is 2.36. The van der Waals surface area contributed by atoms with Crippen molar-refractivity contribution in [2.45, 2.75) is 24.8 Å². The predicted molar refractivity (Wildman–Crippen MR) is 64.6 cm³/mol. The molecule has 0 saturated heterocycles. The standard InChI is InChI=1S/C13H15FO4/c14-13(11(16)8-12(17)18)10(15)7-6-9-4-2-1-3-5-9/h1-7,10-11,13,15-16H,8H2,(H,17,18)/b7-6+. The van der Waals surface area contributed by atoms with Gasteiger partial charge >= 0.3 is 5.97 Å². The maximum absolute atomic E-state index is 13.4. The van der Waals surface area contributed by atoms with E-state index in [4.69, 9.17) is 5.11 Å². The minimum atomic E-state index is -2.03. The molecular formula is C13H15FO4. The Balaban J connectivity index is 2.56. The summed E-state index contributed by atoms with van der Waals surface area (Å²) in [5, 5.41) is 27.0. The first kappa shape index (κ1) is 14.3. The van der Waals surface area contributed by atoms with Crippen molar-refractivity contribution in [1.29, 1.82) is 0 Å². The molecule has 4 nitrogen and oxygen atoms in total. The monoisotopic (exact) mass is 254 g/mol. The lowest BCUT2D eigenvalue weighted by atomic mass is 10.1. The van der Waals surface area contributed by atoms with Gasteiger partial charge in [-0.1, -0.05) is 42.5 Å². The maximum Gasteiger partial charge on any atom is 0.306 e. The van der Waals surface area contributed by atoms with Gasteiger partial charge in [0, 0.05) is 0 Å². The second-order valence-electron chi connectivity index (χ2n) is 3.87. The lowest BCUT2D eigenvalue weighted by Crippen LogP contribution is -2.34. The molecule has 0 fully saturated rings. The van der Waals surface area contributed by atoms with E-state index in [0.29, 0.717) is 0 Å². The van der Waals surface area contributed by atoms with E-state index in [1.54, 1.807) is 24.3 Å². The van der Waals surface area contributed by atoms with Gasteiger partial charge in [0.15, 0.2) is 6.17 Å². The van der Waals surface area contributed by atoms with Crippen LogP contribution in [0.5, 0.6) is 0 Å². The molecule has 98 valence electrons. The van der Waals surface area contributed by atoms with Gasteiger partial charge in [-0.25, -0.2) is 4.39 Å². The zero-order valence-electron chi connectivity index (χ0n) is 9.61. The molecule has 0 radical (unpaired) electrons. The quantitative estimate of drug-likeness (QED) is 0.713. The minimum Gasteiger partial charge on any atom is -0.481 e. The molecule has 1 aromatic carbocycles. The molecule has 0 bridgehead atoms. The van der Waals surface area contributed by atoms with Crippen molar-refractivity contribution in [1.82, 2.24) is 0 Å². The molecule has 0 aliphatic carbocycles. The van der Waals surface area contributed by atoms with E-state index in [2.05, 4.69) is 0 Å². The van der Waals surface area contributed by atoms with Crippen LogP contribution in [0.15, 0.2) is 36.4 Å². The lowest BCUT2D eigenvalue weighted by molar-refractivity contribution is -0.140. The Morgan fingerprint density at radius 3 is 2.44 bits per heavy atom. The number of carbonyl (C=O) groups is 1. The molecule has 0 spiro atoms. The Morgan fingerprint density at radius 1 is 1.28 bits per heavy atom. The zero-order chi connectivity index (χ0) is 13.5. The van der Waals surface area contributed by atoms with Gasteiger partial charge in [0.05, 0.1) is 12.5 Å². The summed E-state index contributed by atoms with van der Waals surface area (Å²) in [6.07, 6.45) is -3.34. The largest absolute Gasteiger partial charge is 0.481 e. The van der Waals surface area contributed by atoms with Gasteiger partial charge in [-0.05, 0) is 5.56 Å². The summed E-state index contributed by atoms with van der Waals surface area (Å²) < 4.78 is 13.4. The van der Waals surface area contributed by atoms with Crippen molar-refractivity contribution in [3.05, 3.63) is 42.0 Å². The molecule has 18 heavy (non-hydrogen) atoms. The SMILES string of the molecule is O=C(O)CC(O)C(F)C(O)/C=C/c1ccccc1. The van der Waals surface area contributed by atoms with E-state index in [1.165, 1.54) is 12.2 Å². The summed E-state index contributed by atoms with van der Waals surface area (Å²) in [6.45, 7) is 0. The van der Waals surface area contributed by atoms with E-state index >= 15 is 0 Å². The summed E-state index contributed by atoms with van der Waals surface area (Å²) in [7, 11) is 0. The van der Waals surface area contributed by atoms with Crippen molar-refractivity contribution in [3.63, 3.8) is 0 Å². The fourth-order valence-corrected chi connectivity index (χ4v) is 1.40. The number of rotatable bonds is 6. The van der Waals surface area contributed by atoms with Crippen molar-refractivity contribution >= 4 is 12.0 Å². The number of aliphatic hydroxyl groups is 2. The van der Waals surface area contributed by atoms with Crippen molar-refractivity contribution in [2.24, 2.45) is 0 Å². The average molecular weight is 254 g/mol. The first-order chi connectivity index (χ1) is 8.50. The van der Waals surface area contributed by atoms with Crippen LogP contribution in [-0.2, 0) is 4.79 Å². The first-order valence-corrected chi connectivity index (χ1v) is 5.46. The van der Waals surface area contributed by atoms with E-state index in [-0.39, 0.29) is 0 Å². The highest BCUT2D eigenvalue weighted by Gasteiger charge is 2.26. The van der Waals surface area contributed by atoms with Crippen LogP contribution in [0.3, 0.4) is 0 Å². The fourth-order valence-electron chi connectivity index (χ4n) is 1.40. The highest BCUT2D eigenvalue weighted by atomic mass is 19.1. The molecule has 1 aromatic rings. The van der Waals surface area contributed by atoms with E-state index < -0.39 is 30.8 Å². The molecule has 0 aliphatic rings. The van der Waals surface area contributed by atoms with Crippen molar-refractivity contribution in [3.8, 4) is 0 Å². The van der Waals surface area contributed by atoms with Gasteiger partial charge in [0.25, 0.3) is 0 Å². The van der Waals surface area contributed by atoms with E-state index in [0.717, 1.165) is 5.56 Å². The van der Waals surface area contributed by atoms with E-state index in [1.807, 2.05) is 6.07 Å². The van der Waals surface area contributed by atoms with Crippen LogP contribution in [0.2, 0.25) is 0 Å². The molecule has 1 rings (SSSR count). The molecule has 5 heteroatoms. The number of hydrogen-bond donors (Lipinski definition) is 3. The number of alkyl halides is 1. The van der Waals surface area contributed by atoms with Crippen LogP contribution in [0, 0.1) is 0 Å². The second-order valence-corrected chi connectivity index (χ2v) is 3.87. The third-order valence-corrected chi connectivity index (χ3v) is 2.36. The summed E-state index contributed by atoms with van der Waals surface area (Å²) in [4.78, 5) is 10.3. The van der Waals surface area contributed by atoms with Crippen LogP contribution in [0.1, 0.15) is 12.0 Å². The topological polar surface area (TPSA) is 77.8 Å². The Bertz CT molecular complexity index is 405. The van der Waals surface area contributed by atoms with Crippen LogP contribution in [-0.4, -0.2) is 39.7 Å². The molecule has 3 unspecified atom stereocenters. The van der Waals surface area contributed by atoms with Crippen LogP contribution in [0.4, 0.5) is 4.39 Å². The van der Waals surface area contributed by atoms with Gasteiger partial charge in [0.1, 0.15) is 6.10 Å². The molecule has 0 amide bonds. The Labute approximate surface area is 104 Å². The number of hydrogen-bond acceptors (Lipinski definition) is 3. The number of carboxylic acid groups (broad SMARTS) is 1. The Hall–Kier alpha value is -1.72. The summed E-state index contributed by atoms with van der Waals surface area (Å²) in [5.41, 5.74) is 0.775. The minimum absolute atomic E-state index is 0.739. The Kier molecular flexibility index (Phi) is 5.48. The summed E-state index contributed by atoms with van der Waals surface area (Å²) in [6, 6.07) is 8.94. The third kappa shape index (κ3) is 4.65. The molecule has 3 atom stereocenters. The molecular weight excluding hydrogens is 239 g/mol. The smallest absolute Gasteiger partial charge is 0.306 e. The number of aliphatic carboxylic acids is 1. The molecule has 0 heterocycles. The highest BCUT2D eigenvalue weighted by molar-refractivity contribution is 5.67. The fraction of sp³-hybridized carbons (Fsp3) is 0.308. The second kappa shape index (κ2) is 6.88. The lowest BCUT2D eigenvalue weighted by Gasteiger charge is -2.16. The van der Waals surface area contributed by atoms with Crippen LogP contribution >= 0.6 is 0 Å². The number of halogens is 1. The van der Waals surface area contributed by atoms with Gasteiger partial charge in [0.2, 0.25) is 0 Å². The highest BCUT2D eigenvalue weighted by Crippen LogP contribution is 2.11. The number of benzene rings is 1. The average Bonchev–Trinajstić information content (AvgIpc) is 2.35. The summed E-state index contributed by atoms with van der Waals surface area (Å²) in [5.74, 6) is -1.32.